The molecule has 0 bridgehead atoms. The number of hydrogen-bond donors (Lipinski definition) is 0. The monoisotopic (exact) mass is 428 g/mol. The molecule has 0 amide bonds. The maximum Gasteiger partial charge on any atom is 0.243 e. The Labute approximate surface area is 183 Å². The van der Waals surface area contributed by atoms with E-state index in [0.29, 0.717) is 11.4 Å². The molecule has 156 valence electrons. The highest BCUT2D eigenvalue weighted by Crippen LogP contribution is 2.57. The summed E-state index contributed by atoms with van der Waals surface area (Å²) in [4.78, 5) is 5.02. The zero-order valence-corrected chi connectivity index (χ0v) is 18.2. The first-order valence-electron chi connectivity index (χ1n) is 10.4. The molecule has 0 aromatic heterocycles. The highest BCUT2D eigenvalue weighted by Gasteiger charge is 2.59. The van der Waals surface area contributed by atoms with Gasteiger partial charge < -0.3 is 0 Å². The van der Waals surface area contributed by atoms with Crippen LogP contribution >= 0.6 is 0 Å². The van der Waals surface area contributed by atoms with Gasteiger partial charge in [-0.1, -0.05) is 72.3 Å². The summed E-state index contributed by atoms with van der Waals surface area (Å²) in [6.07, 6.45) is 3.83. The van der Waals surface area contributed by atoms with E-state index < -0.39 is 21.5 Å². The van der Waals surface area contributed by atoms with Gasteiger partial charge in [0, 0.05) is 18.7 Å². The number of nitrogens with zero attached hydrogens (tertiary/aromatic N) is 2. The third-order valence-electron chi connectivity index (χ3n) is 6.55. The Morgan fingerprint density at radius 1 is 1.00 bits per heavy atom. The molecule has 5 rings (SSSR count). The molecule has 2 heterocycles. The van der Waals surface area contributed by atoms with E-state index in [9.17, 15) is 8.42 Å². The van der Waals surface area contributed by atoms with Crippen molar-refractivity contribution in [1.82, 2.24) is 4.31 Å². The van der Waals surface area contributed by atoms with E-state index in [-0.39, 0.29) is 5.92 Å². The smallest absolute Gasteiger partial charge is 0.243 e. The molecule has 5 heteroatoms. The van der Waals surface area contributed by atoms with E-state index in [1.807, 2.05) is 79.9 Å². The number of fused-ring (bicyclic) bond motifs is 2. The Balaban J connectivity index is 1.75. The second-order valence-electron chi connectivity index (χ2n) is 8.25. The lowest BCUT2D eigenvalue weighted by Crippen LogP contribution is -2.40. The van der Waals surface area contributed by atoms with Crippen molar-refractivity contribution in [3.8, 4) is 0 Å². The predicted octanol–water partition coefficient (Wildman–Crippen LogP) is 5.20. The second-order valence-corrected chi connectivity index (χ2v) is 10.1. The van der Waals surface area contributed by atoms with Crippen LogP contribution < -0.4 is 0 Å². The average Bonchev–Trinajstić information content (AvgIpc) is 3.34. The van der Waals surface area contributed by atoms with E-state index in [1.54, 1.807) is 16.4 Å². The van der Waals surface area contributed by atoms with Crippen LogP contribution in [0.2, 0.25) is 0 Å². The lowest BCUT2D eigenvalue weighted by Gasteiger charge is -2.36. The van der Waals surface area contributed by atoms with Gasteiger partial charge in [-0.15, -0.1) is 6.58 Å². The van der Waals surface area contributed by atoms with Gasteiger partial charge in [0.1, 0.15) is 0 Å². The number of sulfonamides is 1. The van der Waals surface area contributed by atoms with Crippen molar-refractivity contribution in [2.75, 3.05) is 6.54 Å². The molecular weight excluding hydrogens is 404 g/mol. The summed E-state index contributed by atoms with van der Waals surface area (Å²) in [5, 5.41) is 0. The number of hydrogen-bond acceptors (Lipinski definition) is 3. The zero-order chi connectivity index (χ0) is 21.6. The molecule has 1 saturated heterocycles. The average molecular weight is 429 g/mol. The second kappa shape index (κ2) is 7.29. The fourth-order valence-electron chi connectivity index (χ4n) is 5.03. The topological polar surface area (TPSA) is 49.7 Å². The van der Waals surface area contributed by atoms with Crippen LogP contribution in [0.4, 0.5) is 5.69 Å². The SMILES string of the molecule is C=C[C@H]1CN(S(=O)(=O)c2ccc(C)cc2)[C@@H](c2ccccc2)[C@@]12C=Nc1ccccc12. The molecule has 31 heavy (non-hydrogen) atoms. The molecule has 2 aliphatic rings. The third-order valence-corrected chi connectivity index (χ3v) is 8.39. The van der Waals surface area contributed by atoms with Gasteiger partial charge in [0.2, 0.25) is 10.0 Å². The molecule has 0 saturated carbocycles. The summed E-state index contributed by atoms with van der Waals surface area (Å²) < 4.78 is 29.4. The van der Waals surface area contributed by atoms with Gasteiger partial charge in [0.05, 0.1) is 22.0 Å². The standard InChI is InChI=1S/C26H24N2O2S/c1-3-21-17-28(31(29,30)22-15-13-19(2)14-16-22)25(20-9-5-4-6-10-20)26(21)18-27-24-12-8-7-11-23(24)26/h3-16,18,21,25H,1,17H2,2H3/t21-,25-,26-/m0/s1. The number of aliphatic imine (C=N–C) groups is 1. The van der Waals surface area contributed by atoms with Crippen molar-refractivity contribution in [3.05, 3.63) is 108 Å². The van der Waals surface area contributed by atoms with E-state index in [4.69, 9.17) is 4.99 Å². The molecule has 0 unspecified atom stereocenters. The highest BCUT2D eigenvalue weighted by atomic mass is 32.2. The van der Waals surface area contributed by atoms with Gasteiger partial charge in [0.15, 0.2) is 0 Å². The van der Waals surface area contributed by atoms with Crippen LogP contribution in [-0.4, -0.2) is 25.5 Å². The quantitative estimate of drug-likeness (QED) is 0.537. The lowest BCUT2D eigenvalue weighted by molar-refractivity contribution is 0.357. The Bertz CT molecular complexity index is 1270. The molecule has 3 aromatic carbocycles. The first-order valence-corrected chi connectivity index (χ1v) is 11.8. The Hall–Kier alpha value is -3.02. The number of rotatable bonds is 4. The van der Waals surface area contributed by atoms with Crippen molar-refractivity contribution in [2.24, 2.45) is 10.9 Å². The van der Waals surface area contributed by atoms with E-state index in [2.05, 4.69) is 12.6 Å². The summed E-state index contributed by atoms with van der Waals surface area (Å²) in [7, 11) is -3.74. The summed E-state index contributed by atoms with van der Waals surface area (Å²) in [6, 6.07) is 24.5. The first-order chi connectivity index (χ1) is 15.0. The van der Waals surface area contributed by atoms with Gasteiger partial charge in [-0.25, -0.2) is 8.42 Å². The Kier molecular flexibility index (Phi) is 4.68. The lowest BCUT2D eigenvalue weighted by atomic mass is 9.68. The molecule has 1 fully saturated rings. The Morgan fingerprint density at radius 3 is 2.39 bits per heavy atom. The first kappa shape index (κ1) is 19.9. The van der Waals surface area contributed by atoms with Crippen LogP contribution in [0.25, 0.3) is 0 Å². The number of aryl methyl sites for hydroxylation is 1. The van der Waals surface area contributed by atoms with Crippen LogP contribution in [0.1, 0.15) is 22.7 Å². The summed E-state index contributed by atoms with van der Waals surface area (Å²) in [6.45, 7) is 6.38. The van der Waals surface area contributed by atoms with E-state index in [0.717, 1.165) is 22.4 Å². The van der Waals surface area contributed by atoms with Gasteiger partial charge >= 0.3 is 0 Å². The van der Waals surface area contributed by atoms with E-state index >= 15 is 0 Å². The summed E-state index contributed by atoms with van der Waals surface area (Å²) in [5.74, 6) is -0.106. The molecule has 2 aliphatic heterocycles. The van der Waals surface area contributed by atoms with Crippen molar-refractivity contribution in [1.29, 1.82) is 0 Å². The van der Waals surface area contributed by atoms with Crippen LogP contribution in [0.3, 0.4) is 0 Å². The predicted molar refractivity (Wildman–Crippen MR) is 124 cm³/mol. The maximum atomic E-state index is 13.9. The van der Waals surface area contributed by atoms with Crippen molar-refractivity contribution in [3.63, 3.8) is 0 Å². The zero-order valence-electron chi connectivity index (χ0n) is 17.3. The van der Waals surface area contributed by atoms with Crippen molar-refractivity contribution in [2.45, 2.75) is 23.3 Å². The summed E-state index contributed by atoms with van der Waals surface area (Å²) in [5.41, 5.74) is 3.32. The van der Waals surface area contributed by atoms with Gasteiger partial charge in [-0.2, -0.15) is 4.31 Å². The minimum Gasteiger partial charge on any atom is -0.260 e. The molecule has 1 spiro atoms. The Morgan fingerprint density at radius 2 is 1.68 bits per heavy atom. The van der Waals surface area contributed by atoms with Crippen LogP contribution in [0, 0.1) is 12.8 Å². The van der Waals surface area contributed by atoms with Gasteiger partial charge in [0.25, 0.3) is 0 Å². The minimum absolute atomic E-state index is 0.106. The normalized spacial score (nSPS) is 25.1. The largest absolute Gasteiger partial charge is 0.260 e. The van der Waals surface area contributed by atoms with Crippen molar-refractivity contribution >= 4 is 21.9 Å². The molecule has 0 radical (unpaired) electrons. The molecule has 3 atom stereocenters. The maximum absolute atomic E-state index is 13.9. The molecular formula is C26H24N2O2S. The van der Waals surface area contributed by atoms with Crippen LogP contribution in [0.15, 0.2) is 101 Å². The fraction of sp³-hybridized carbons (Fsp3) is 0.192. The van der Waals surface area contributed by atoms with Gasteiger partial charge in [-0.3, -0.25) is 4.99 Å². The number of para-hydroxylation sites is 1. The minimum atomic E-state index is -3.74. The highest BCUT2D eigenvalue weighted by molar-refractivity contribution is 7.89. The third kappa shape index (κ3) is 2.92. The number of benzene rings is 3. The van der Waals surface area contributed by atoms with Crippen LogP contribution in [-0.2, 0) is 15.4 Å². The summed E-state index contributed by atoms with van der Waals surface area (Å²) >= 11 is 0. The van der Waals surface area contributed by atoms with Gasteiger partial charge in [-0.05, 0) is 36.2 Å². The fourth-order valence-corrected chi connectivity index (χ4v) is 6.71. The van der Waals surface area contributed by atoms with Crippen molar-refractivity contribution < 1.29 is 8.42 Å². The molecule has 0 aliphatic carbocycles. The van der Waals surface area contributed by atoms with E-state index in [1.165, 1.54) is 0 Å². The van der Waals surface area contributed by atoms with Crippen LogP contribution in [0.5, 0.6) is 0 Å². The molecule has 3 aromatic rings. The molecule has 0 N–H and O–H groups in total. The molecule has 4 nitrogen and oxygen atoms in total.